The van der Waals surface area contributed by atoms with Gasteiger partial charge in [0, 0.05) is 6.54 Å². The topological polar surface area (TPSA) is 80.3 Å². The number of imidazole rings is 1. The van der Waals surface area contributed by atoms with Crippen LogP contribution in [0, 0.1) is 5.92 Å². The molecule has 0 unspecified atom stereocenters. The van der Waals surface area contributed by atoms with Crippen molar-refractivity contribution >= 4 is 11.2 Å². The molecule has 2 aromatic carbocycles. The molecule has 0 bridgehead atoms. The molecule has 34 heavy (non-hydrogen) atoms. The standard InChI is InChI=1S/C26H30N4O4/c1-19(2)13-14-28-18-27-24-23(28)25(31)29(15-16-34-22-11-9-21(33-3)10-12-22)26(32)30(24)17-20-7-5-4-6-8-20/h4-12,18-19H,13-17H2,1-3H3. The van der Waals surface area contributed by atoms with Crippen molar-refractivity contribution in [1.29, 1.82) is 0 Å². The van der Waals surface area contributed by atoms with Crippen LogP contribution in [0.1, 0.15) is 25.8 Å². The number of hydrogen-bond acceptors (Lipinski definition) is 5. The molecule has 2 aromatic heterocycles. The smallest absolute Gasteiger partial charge is 0.333 e. The molecule has 0 saturated heterocycles. The van der Waals surface area contributed by atoms with E-state index in [4.69, 9.17) is 9.47 Å². The first-order chi connectivity index (χ1) is 16.5. The van der Waals surface area contributed by atoms with E-state index >= 15 is 0 Å². The monoisotopic (exact) mass is 462 g/mol. The van der Waals surface area contributed by atoms with Gasteiger partial charge >= 0.3 is 5.69 Å². The molecule has 0 aliphatic rings. The normalized spacial score (nSPS) is 11.3. The molecule has 0 N–H and O–H groups in total. The van der Waals surface area contributed by atoms with Crippen molar-refractivity contribution in [1.82, 2.24) is 18.7 Å². The number of hydrogen-bond donors (Lipinski definition) is 0. The fourth-order valence-electron chi connectivity index (χ4n) is 3.84. The molecule has 0 spiro atoms. The summed E-state index contributed by atoms with van der Waals surface area (Å²) in [6, 6.07) is 16.9. The van der Waals surface area contributed by atoms with Crippen LogP contribution in [-0.4, -0.2) is 32.4 Å². The zero-order valence-corrected chi connectivity index (χ0v) is 19.8. The molecule has 0 radical (unpaired) electrons. The molecule has 4 rings (SSSR count). The highest BCUT2D eigenvalue weighted by molar-refractivity contribution is 5.70. The molecule has 8 nitrogen and oxygen atoms in total. The van der Waals surface area contributed by atoms with Crippen molar-refractivity contribution in [3.05, 3.63) is 87.3 Å². The summed E-state index contributed by atoms with van der Waals surface area (Å²) in [5.41, 5.74) is 1.08. The molecule has 2 heterocycles. The summed E-state index contributed by atoms with van der Waals surface area (Å²) in [4.78, 5) is 31.3. The average Bonchev–Trinajstić information content (AvgIpc) is 3.27. The van der Waals surface area contributed by atoms with Crippen LogP contribution in [-0.2, 0) is 19.6 Å². The van der Waals surface area contributed by atoms with Gasteiger partial charge in [-0.1, -0.05) is 44.2 Å². The van der Waals surface area contributed by atoms with Gasteiger partial charge in [-0.05, 0) is 42.2 Å². The van der Waals surface area contributed by atoms with E-state index in [1.807, 2.05) is 34.9 Å². The summed E-state index contributed by atoms with van der Waals surface area (Å²) in [5, 5.41) is 0. The number of rotatable bonds is 10. The molecule has 0 amide bonds. The summed E-state index contributed by atoms with van der Waals surface area (Å²) < 4.78 is 15.6. The third-order valence-electron chi connectivity index (χ3n) is 5.76. The van der Waals surface area contributed by atoms with E-state index in [2.05, 4.69) is 18.8 Å². The summed E-state index contributed by atoms with van der Waals surface area (Å²) in [6.07, 6.45) is 2.57. The van der Waals surface area contributed by atoms with Crippen molar-refractivity contribution in [3.8, 4) is 11.5 Å². The number of aromatic nitrogens is 4. The van der Waals surface area contributed by atoms with Crippen LogP contribution in [0.2, 0.25) is 0 Å². The lowest BCUT2D eigenvalue weighted by atomic mass is 10.1. The number of methoxy groups -OCH3 is 1. The van der Waals surface area contributed by atoms with Crippen LogP contribution in [0.15, 0.2) is 70.5 Å². The van der Waals surface area contributed by atoms with Crippen molar-refractivity contribution in [2.24, 2.45) is 5.92 Å². The molecule has 8 heteroatoms. The summed E-state index contributed by atoms with van der Waals surface area (Å²) >= 11 is 0. The quantitative estimate of drug-likeness (QED) is 0.360. The Morgan fingerprint density at radius 3 is 2.29 bits per heavy atom. The second kappa shape index (κ2) is 10.4. The van der Waals surface area contributed by atoms with Crippen molar-refractivity contribution < 1.29 is 9.47 Å². The largest absolute Gasteiger partial charge is 0.497 e. The first-order valence-corrected chi connectivity index (χ1v) is 11.5. The molecule has 0 aliphatic heterocycles. The summed E-state index contributed by atoms with van der Waals surface area (Å²) in [6.45, 7) is 5.58. The van der Waals surface area contributed by atoms with E-state index in [0.717, 1.165) is 17.7 Å². The fraction of sp³-hybridized carbons (Fsp3) is 0.346. The highest BCUT2D eigenvalue weighted by atomic mass is 16.5. The Labute approximate surface area is 198 Å². The van der Waals surface area contributed by atoms with Crippen LogP contribution in [0.5, 0.6) is 11.5 Å². The Balaban J connectivity index is 1.69. The predicted octanol–water partition coefficient (Wildman–Crippen LogP) is 3.54. The van der Waals surface area contributed by atoms with Crippen LogP contribution < -0.4 is 20.7 Å². The van der Waals surface area contributed by atoms with Crippen molar-refractivity contribution in [2.75, 3.05) is 13.7 Å². The maximum absolute atomic E-state index is 13.4. The van der Waals surface area contributed by atoms with E-state index in [0.29, 0.717) is 35.9 Å². The number of benzene rings is 2. The Kier molecular flexibility index (Phi) is 7.15. The number of fused-ring (bicyclic) bond motifs is 1. The second-order valence-corrected chi connectivity index (χ2v) is 8.63. The third kappa shape index (κ3) is 5.06. The van der Waals surface area contributed by atoms with E-state index in [-0.39, 0.29) is 18.7 Å². The Bertz CT molecular complexity index is 1350. The average molecular weight is 463 g/mol. The maximum Gasteiger partial charge on any atom is 0.333 e. The van der Waals surface area contributed by atoms with Crippen LogP contribution in [0.4, 0.5) is 0 Å². The highest BCUT2D eigenvalue weighted by Crippen LogP contribution is 2.17. The first-order valence-electron chi connectivity index (χ1n) is 11.5. The lowest BCUT2D eigenvalue weighted by molar-refractivity contribution is 0.292. The van der Waals surface area contributed by atoms with Gasteiger partial charge in [0.05, 0.1) is 26.5 Å². The molecule has 0 atom stereocenters. The van der Waals surface area contributed by atoms with E-state index < -0.39 is 5.69 Å². The molecular formula is C26H30N4O4. The van der Waals surface area contributed by atoms with E-state index in [1.54, 1.807) is 42.3 Å². The van der Waals surface area contributed by atoms with Gasteiger partial charge in [-0.25, -0.2) is 9.78 Å². The van der Waals surface area contributed by atoms with Gasteiger partial charge in [-0.3, -0.25) is 13.9 Å². The van der Waals surface area contributed by atoms with Gasteiger partial charge in [0.25, 0.3) is 5.56 Å². The molecule has 0 saturated carbocycles. The van der Waals surface area contributed by atoms with E-state index in [1.165, 1.54) is 4.57 Å². The minimum Gasteiger partial charge on any atom is -0.497 e. The van der Waals surface area contributed by atoms with Gasteiger partial charge < -0.3 is 14.0 Å². The molecule has 178 valence electrons. The third-order valence-corrected chi connectivity index (χ3v) is 5.76. The van der Waals surface area contributed by atoms with Crippen molar-refractivity contribution in [2.45, 2.75) is 39.9 Å². The molecular weight excluding hydrogens is 432 g/mol. The van der Waals surface area contributed by atoms with Gasteiger partial charge in [0.1, 0.15) is 18.1 Å². The lowest BCUT2D eigenvalue weighted by Crippen LogP contribution is -2.42. The van der Waals surface area contributed by atoms with Gasteiger partial charge in [0.2, 0.25) is 0 Å². The number of ether oxygens (including phenoxy) is 2. The fourth-order valence-corrected chi connectivity index (χ4v) is 3.84. The first kappa shape index (κ1) is 23.4. The molecule has 4 aromatic rings. The van der Waals surface area contributed by atoms with Gasteiger partial charge in [-0.15, -0.1) is 0 Å². The number of aryl methyl sites for hydroxylation is 1. The van der Waals surface area contributed by atoms with Crippen molar-refractivity contribution in [3.63, 3.8) is 0 Å². The van der Waals surface area contributed by atoms with Gasteiger partial charge in [-0.2, -0.15) is 0 Å². The SMILES string of the molecule is COc1ccc(OCCn2c(=O)c3c(ncn3CCC(C)C)n(Cc3ccccc3)c2=O)cc1. The number of nitrogens with zero attached hydrogens (tertiary/aromatic N) is 4. The van der Waals surface area contributed by atoms with E-state index in [9.17, 15) is 9.59 Å². The van der Waals surface area contributed by atoms with Crippen LogP contribution in [0.25, 0.3) is 11.2 Å². The molecule has 0 aliphatic carbocycles. The minimum absolute atomic E-state index is 0.129. The lowest BCUT2D eigenvalue weighted by Gasteiger charge is -2.14. The second-order valence-electron chi connectivity index (χ2n) is 8.63. The van der Waals surface area contributed by atoms with Gasteiger partial charge in [0.15, 0.2) is 11.2 Å². The summed E-state index contributed by atoms with van der Waals surface area (Å²) in [5.74, 6) is 1.85. The Hall–Kier alpha value is -3.81. The zero-order valence-electron chi connectivity index (χ0n) is 19.8. The predicted molar refractivity (Wildman–Crippen MR) is 132 cm³/mol. The zero-order chi connectivity index (χ0) is 24.1. The Morgan fingerprint density at radius 2 is 1.62 bits per heavy atom. The Morgan fingerprint density at radius 1 is 0.912 bits per heavy atom. The van der Waals surface area contributed by atoms with Crippen LogP contribution in [0.3, 0.4) is 0 Å². The maximum atomic E-state index is 13.4. The summed E-state index contributed by atoms with van der Waals surface area (Å²) in [7, 11) is 1.60. The minimum atomic E-state index is -0.395. The van der Waals surface area contributed by atoms with Crippen LogP contribution >= 0.6 is 0 Å². The highest BCUT2D eigenvalue weighted by Gasteiger charge is 2.18. The molecule has 0 fully saturated rings.